The number of hydrogen-bond donors (Lipinski definition) is 0. The first kappa shape index (κ1) is 15.7. The summed E-state index contributed by atoms with van der Waals surface area (Å²) >= 11 is 1.55. The maximum absolute atomic E-state index is 13.4. The molecule has 5 rings (SSSR count). The lowest BCUT2D eigenvalue weighted by atomic mass is 9.70. The highest BCUT2D eigenvalue weighted by Gasteiger charge is 2.56. The van der Waals surface area contributed by atoms with Crippen LogP contribution in [-0.4, -0.2) is 71.6 Å². The molecule has 6 nitrogen and oxygen atoms in total. The van der Waals surface area contributed by atoms with E-state index in [2.05, 4.69) is 26.8 Å². The minimum atomic E-state index is 0.0436. The van der Waals surface area contributed by atoms with Gasteiger partial charge in [-0.3, -0.25) is 4.79 Å². The van der Waals surface area contributed by atoms with Gasteiger partial charge in [0.25, 0.3) is 5.91 Å². The zero-order valence-corrected chi connectivity index (χ0v) is 15.2. The van der Waals surface area contributed by atoms with E-state index in [-0.39, 0.29) is 17.4 Å². The Labute approximate surface area is 150 Å². The first-order valence-electron chi connectivity index (χ1n) is 8.93. The van der Waals surface area contributed by atoms with Crippen molar-refractivity contribution in [3.63, 3.8) is 0 Å². The molecule has 0 aliphatic carbocycles. The summed E-state index contributed by atoms with van der Waals surface area (Å²) in [6.07, 6.45) is 3.81. The Bertz CT molecular complexity index is 814. The fraction of sp³-hybridized carbons (Fsp3) is 0.611. The monoisotopic (exact) mass is 358 g/mol. The van der Waals surface area contributed by atoms with Crippen molar-refractivity contribution < 1.29 is 9.53 Å². The lowest BCUT2D eigenvalue weighted by molar-refractivity contribution is 0.0496. The second kappa shape index (κ2) is 5.72. The third-order valence-electron chi connectivity index (χ3n) is 6.43. The van der Waals surface area contributed by atoms with E-state index in [0.29, 0.717) is 18.2 Å². The molecule has 3 aliphatic rings. The molecule has 1 amide bonds. The zero-order chi connectivity index (χ0) is 17.0. The average Bonchev–Trinajstić information content (AvgIpc) is 3.34. The number of rotatable bonds is 1. The lowest BCUT2D eigenvalue weighted by Gasteiger charge is -2.40. The first-order chi connectivity index (χ1) is 12.2. The number of amides is 1. The lowest BCUT2D eigenvalue weighted by Crippen LogP contribution is -2.43. The molecule has 5 heterocycles. The molecule has 0 saturated carbocycles. The molecular formula is C18H22N4O2S. The number of thiophene rings is 1. The fourth-order valence-corrected chi connectivity index (χ4v) is 5.65. The summed E-state index contributed by atoms with van der Waals surface area (Å²) in [4.78, 5) is 27.3. The number of carbonyl (C=O) groups excluding carboxylic acids is 1. The van der Waals surface area contributed by atoms with Gasteiger partial charge in [-0.1, -0.05) is 0 Å². The first-order valence-corrected chi connectivity index (χ1v) is 9.81. The summed E-state index contributed by atoms with van der Waals surface area (Å²) in [5, 5.41) is 2.84. The van der Waals surface area contributed by atoms with Gasteiger partial charge in [-0.15, -0.1) is 11.3 Å². The SMILES string of the molecule is CN1CCC2(CC1)CN(C(=O)c1ncnc3sccc13)[C@@H]1COC[C@@H]12. The summed E-state index contributed by atoms with van der Waals surface area (Å²) in [5.74, 6) is 0.507. The van der Waals surface area contributed by atoms with Gasteiger partial charge in [0.15, 0.2) is 0 Å². The van der Waals surface area contributed by atoms with E-state index in [9.17, 15) is 4.79 Å². The topological polar surface area (TPSA) is 58.6 Å². The standard InChI is InChI=1S/C18H22N4O2S/c1-21-5-3-18(4-6-21)10-22(14-9-24-8-13(14)18)17(23)15-12-2-7-25-16(12)20-11-19-15/h2,7,11,13-14H,3-6,8-10H2,1H3/t13-,14+/m0/s1. The van der Waals surface area contributed by atoms with Gasteiger partial charge in [0.2, 0.25) is 0 Å². The van der Waals surface area contributed by atoms with Gasteiger partial charge >= 0.3 is 0 Å². The fourth-order valence-electron chi connectivity index (χ4n) is 4.92. The van der Waals surface area contributed by atoms with Gasteiger partial charge < -0.3 is 14.5 Å². The van der Waals surface area contributed by atoms with E-state index in [1.165, 1.54) is 6.33 Å². The van der Waals surface area contributed by atoms with Crippen LogP contribution in [0.5, 0.6) is 0 Å². The Hall–Kier alpha value is -1.57. The molecule has 0 unspecified atom stereocenters. The highest BCUT2D eigenvalue weighted by atomic mass is 32.1. The van der Waals surface area contributed by atoms with Gasteiger partial charge in [-0.2, -0.15) is 0 Å². The molecule has 0 N–H and O–H groups in total. The predicted octanol–water partition coefficient (Wildman–Crippen LogP) is 1.87. The Morgan fingerprint density at radius 1 is 1.32 bits per heavy atom. The van der Waals surface area contributed by atoms with Crippen LogP contribution in [0, 0.1) is 11.3 Å². The molecule has 7 heteroatoms. The number of aromatic nitrogens is 2. The van der Waals surface area contributed by atoms with Crippen LogP contribution in [0.4, 0.5) is 0 Å². The summed E-state index contributed by atoms with van der Waals surface area (Å²) in [7, 11) is 2.18. The summed E-state index contributed by atoms with van der Waals surface area (Å²) in [5.41, 5.74) is 0.756. The molecule has 3 saturated heterocycles. The molecule has 2 aromatic rings. The molecule has 0 bridgehead atoms. The predicted molar refractivity (Wildman–Crippen MR) is 95.7 cm³/mol. The smallest absolute Gasteiger partial charge is 0.273 e. The van der Waals surface area contributed by atoms with Crippen LogP contribution in [0.2, 0.25) is 0 Å². The maximum atomic E-state index is 13.4. The molecule has 25 heavy (non-hydrogen) atoms. The van der Waals surface area contributed by atoms with E-state index < -0.39 is 0 Å². The van der Waals surface area contributed by atoms with Crippen molar-refractivity contribution in [2.24, 2.45) is 11.3 Å². The second-order valence-corrected chi connectivity index (χ2v) is 8.57. The molecular weight excluding hydrogens is 336 g/mol. The molecule has 2 atom stereocenters. The van der Waals surface area contributed by atoms with Crippen LogP contribution < -0.4 is 0 Å². The number of likely N-dealkylation sites (tertiary alicyclic amines) is 2. The summed E-state index contributed by atoms with van der Waals surface area (Å²) in [6, 6.07) is 2.15. The van der Waals surface area contributed by atoms with Crippen molar-refractivity contribution in [1.29, 1.82) is 0 Å². The number of carbonyl (C=O) groups is 1. The summed E-state index contributed by atoms with van der Waals surface area (Å²) in [6.45, 7) is 4.50. The minimum Gasteiger partial charge on any atom is -0.379 e. The van der Waals surface area contributed by atoms with Crippen molar-refractivity contribution in [2.45, 2.75) is 18.9 Å². The number of hydrogen-bond acceptors (Lipinski definition) is 6. The molecule has 2 aromatic heterocycles. The summed E-state index contributed by atoms with van der Waals surface area (Å²) < 4.78 is 5.82. The Balaban J connectivity index is 1.49. The van der Waals surface area contributed by atoms with E-state index in [4.69, 9.17) is 4.74 Å². The largest absolute Gasteiger partial charge is 0.379 e. The van der Waals surface area contributed by atoms with Crippen molar-refractivity contribution in [2.75, 3.05) is 39.9 Å². The van der Waals surface area contributed by atoms with Crippen LogP contribution >= 0.6 is 11.3 Å². The van der Waals surface area contributed by atoms with E-state index >= 15 is 0 Å². The van der Waals surface area contributed by atoms with Crippen molar-refractivity contribution in [3.05, 3.63) is 23.5 Å². The third kappa shape index (κ3) is 2.33. The number of piperidine rings is 1. The van der Waals surface area contributed by atoms with Crippen molar-refractivity contribution >= 4 is 27.5 Å². The average molecular weight is 358 g/mol. The van der Waals surface area contributed by atoms with Crippen LogP contribution in [0.25, 0.3) is 10.2 Å². The van der Waals surface area contributed by atoms with Gasteiger partial charge in [0, 0.05) is 17.8 Å². The van der Waals surface area contributed by atoms with E-state index in [1.54, 1.807) is 11.3 Å². The highest BCUT2D eigenvalue weighted by Crippen LogP contribution is 2.50. The van der Waals surface area contributed by atoms with Gasteiger partial charge in [-0.25, -0.2) is 9.97 Å². The normalized spacial score (nSPS) is 28.8. The molecule has 132 valence electrons. The van der Waals surface area contributed by atoms with Crippen LogP contribution in [0.1, 0.15) is 23.3 Å². The third-order valence-corrected chi connectivity index (χ3v) is 7.25. The minimum absolute atomic E-state index is 0.0436. The van der Waals surface area contributed by atoms with Gasteiger partial charge in [0.05, 0.1) is 19.3 Å². The molecule has 3 aliphatic heterocycles. The van der Waals surface area contributed by atoms with E-state index in [1.807, 2.05) is 11.4 Å². The van der Waals surface area contributed by atoms with Crippen molar-refractivity contribution in [3.8, 4) is 0 Å². The molecule has 1 spiro atoms. The van der Waals surface area contributed by atoms with Gasteiger partial charge in [0.1, 0.15) is 16.9 Å². The van der Waals surface area contributed by atoms with E-state index in [0.717, 1.165) is 49.3 Å². The van der Waals surface area contributed by atoms with Crippen LogP contribution in [0.15, 0.2) is 17.8 Å². The highest BCUT2D eigenvalue weighted by molar-refractivity contribution is 7.16. The quantitative estimate of drug-likeness (QED) is 0.779. The van der Waals surface area contributed by atoms with Crippen molar-refractivity contribution in [1.82, 2.24) is 19.8 Å². The molecule has 0 aromatic carbocycles. The maximum Gasteiger partial charge on any atom is 0.273 e. The molecule has 0 radical (unpaired) electrons. The Morgan fingerprint density at radius 2 is 2.16 bits per heavy atom. The number of nitrogens with zero attached hydrogens (tertiary/aromatic N) is 4. The second-order valence-electron chi connectivity index (χ2n) is 7.67. The zero-order valence-electron chi connectivity index (χ0n) is 14.4. The number of fused-ring (bicyclic) bond motifs is 3. The Morgan fingerprint density at radius 3 is 3.00 bits per heavy atom. The van der Waals surface area contributed by atoms with Crippen LogP contribution in [-0.2, 0) is 4.74 Å². The molecule has 3 fully saturated rings. The van der Waals surface area contributed by atoms with Crippen LogP contribution in [0.3, 0.4) is 0 Å². The Kier molecular flexibility index (Phi) is 3.59. The van der Waals surface area contributed by atoms with Gasteiger partial charge in [-0.05, 0) is 49.8 Å². The number of ether oxygens (including phenoxy) is 1.